The van der Waals surface area contributed by atoms with E-state index in [-0.39, 0.29) is 12.1 Å². The van der Waals surface area contributed by atoms with Gasteiger partial charge < -0.3 is 4.74 Å². The van der Waals surface area contributed by atoms with Crippen LogP contribution in [0.15, 0.2) is 29.4 Å². The number of rotatable bonds is 4. The third-order valence-electron chi connectivity index (χ3n) is 1.96. The number of benzene rings is 1. The second-order valence-electron chi connectivity index (χ2n) is 3.05. The van der Waals surface area contributed by atoms with Gasteiger partial charge in [0.2, 0.25) is 0 Å². The van der Waals surface area contributed by atoms with E-state index in [1.165, 1.54) is 25.3 Å². The highest BCUT2D eigenvalue weighted by Gasteiger charge is 2.11. The van der Waals surface area contributed by atoms with E-state index < -0.39 is 11.8 Å². The lowest BCUT2D eigenvalue weighted by Crippen LogP contribution is -2.04. The Kier molecular flexibility index (Phi) is 4.72. The Hall–Kier alpha value is -2.33. The van der Waals surface area contributed by atoms with Gasteiger partial charge in [0.1, 0.15) is 5.82 Å². The summed E-state index contributed by atoms with van der Waals surface area (Å²) in [5.41, 5.74) is 8.56. The molecule has 0 unspecified atom stereocenters. The number of ether oxygens (including phenoxy) is 1. The third kappa shape index (κ3) is 3.62. The number of esters is 1. The van der Waals surface area contributed by atoms with Crippen molar-refractivity contribution in [2.75, 3.05) is 13.7 Å². The second kappa shape index (κ2) is 6.30. The van der Waals surface area contributed by atoms with Gasteiger partial charge in [-0.05, 0) is 23.2 Å². The molecule has 0 saturated carbocycles. The van der Waals surface area contributed by atoms with Crippen LogP contribution in [0.4, 0.5) is 4.39 Å². The Labute approximate surface area is 97.1 Å². The molecular formula is C11H10FN3O2. The van der Waals surface area contributed by atoms with E-state index in [2.05, 4.69) is 14.8 Å². The van der Waals surface area contributed by atoms with Crippen LogP contribution in [0.5, 0.6) is 0 Å². The fraction of sp³-hybridized carbons (Fsp3) is 0.182. The molecule has 0 aliphatic carbocycles. The molecule has 0 saturated heterocycles. The van der Waals surface area contributed by atoms with Gasteiger partial charge >= 0.3 is 5.97 Å². The summed E-state index contributed by atoms with van der Waals surface area (Å²) >= 11 is 0. The summed E-state index contributed by atoms with van der Waals surface area (Å²) in [6.07, 6.45) is 3.23. The van der Waals surface area contributed by atoms with E-state index in [0.717, 1.165) is 0 Å². The zero-order valence-electron chi connectivity index (χ0n) is 9.13. The predicted molar refractivity (Wildman–Crippen MR) is 60.8 cm³/mol. The Morgan fingerprint density at radius 3 is 3.06 bits per heavy atom. The van der Waals surface area contributed by atoms with Crippen LogP contribution >= 0.6 is 0 Å². The number of hydrogen-bond acceptors (Lipinski definition) is 3. The third-order valence-corrected chi connectivity index (χ3v) is 1.96. The minimum Gasteiger partial charge on any atom is -0.465 e. The summed E-state index contributed by atoms with van der Waals surface area (Å²) in [5, 5.41) is 3.31. The van der Waals surface area contributed by atoms with Crippen LogP contribution in [0.3, 0.4) is 0 Å². The van der Waals surface area contributed by atoms with Crippen molar-refractivity contribution in [3.05, 3.63) is 51.7 Å². The van der Waals surface area contributed by atoms with Crippen molar-refractivity contribution in [3.63, 3.8) is 0 Å². The average molecular weight is 235 g/mol. The van der Waals surface area contributed by atoms with E-state index in [1.54, 1.807) is 12.2 Å². The number of azide groups is 1. The Bertz CT molecular complexity index is 493. The molecule has 0 radical (unpaired) electrons. The maximum absolute atomic E-state index is 13.3. The summed E-state index contributed by atoms with van der Waals surface area (Å²) in [6.45, 7) is 0.196. The summed E-state index contributed by atoms with van der Waals surface area (Å²) in [5.74, 6) is -1.36. The highest BCUT2D eigenvalue weighted by molar-refractivity contribution is 5.90. The average Bonchev–Trinajstić information content (AvgIpc) is 2.35. The molecule has 1 aromatic carbocycles. The van der Waals surface area contributed by atoms with Crippen LogP contribution in [-0.4, -0.2) is 19.6 Å². The molecule has 0 heterocycles. The van der Waals surface area contributed by atoms with Gasteiger partial charge in [-0.3, -0.25) is 0 Å². The van der Waals surface area contributed by atoms with Gasteiger partial charge in [0.05, 0.1) is 12.7 Å². The minimum absolute atomic E-state index is 0.126. The maximum Gasteiger partial charge on any atom is 0.340 e. The first kappa shape index (κ1) is 12.7. The lowest BCUT2D eigenvalue weighted by Gasteiger charge is -2.02. The van der Waals surface area contributed by atoms with Crippen LogP contribution in [0.25, 0.3) is 16.5 Å². The standard InChI is InChI=1S/C11H10FN3O2/c1-17-11(16)9-7-8(4-5-10(9)12)3-2-6-14-15-13/h2-5,7H,6H2,1H3. The van der Waals surface area contributed by atoms with E-state index in [0.29, 0.717) is 5.56 Å². The normalized spacial score (nSPS) is 10.0. The van der Waals surface area contributed by atoms with Crippen molar-refractivity contribution in [3.8, 4) is 0 Å². The van der Waals surface area contributed by atoms with Crippen LogP contribution in [0.1, 0.15) is 15.9 Å². The van der Waals surface area contributed by atoms with Crippen LogP contribution in [-0.2, 0) is 4.74 Å². The Morgan fingerprint density at radius 2 is 2.41 bits per heavy atom. The molecule has 0 N–H and O–H groups in total. The molecule has 1 aromatic rings. The SMILES string of the molecule is COC(=O)c1cc(C=CCN=[N+]=[N-])ccc1F. The minimum atomic E-state index is -0.729. The number of carbonyl (C=O) groups is 1. The van der Waals surface area contributed by atoms with Gasteiger partial charge in [-0.25, -0.2) is 9.18 Å². The topological polar surface area (TPSA) is 75.1 Å². The zero-order valence-corrected chi connectivity index (χ0v) is 9.13. The highest BCUT2D eigenvalue weighted by atomic mass is 19.1. The molecular weight excluding hydrogens is 225 g/mol. The molecule has 6 heteroatoms. The molecule has 0 aliphatic rings. The Morgan fingerprint density at radius 1 is 1.65 bits per heavy atom. The lowest BCUT2D eigenvalue weighted by molar-refractivity contribution is 0.0595. The Balaban J connectivity index is 2.92. The zero-order chi connectivity index (χ0) is 12.7. The van der Waals surface area contributed by atoms with Crippen molar-refractivity contribution in [2.24, 2.45) is 5.11 Å². The van der Waals surface area contributed by atoms with Crippen LogP contribution in [0.2, 0.25) is 0 Å². The van der Waals surface area contributed by atoms with Gasteiger partial charge in [0.15, 0.2) is 0 Å². The van der Waals surface area contributed by atoms with Crippen molar-refractivity contribution in [1.29, 1.82) is 0 Å². The first-order chi connectivity index (χ1) is 8.19. The molecule has 17 heavy (non-hydrogen) atoms. The summed E-state index contributed by atoms with van der Waals surface area (Å²) in [4.78, 5) is 13.8. The smallest absolute Gasteiger partial charge is 0.340 e. The number of hydrogen-bond donors (Lipinski definition) is 0. The van der Waals surface area contributed by atoms with Crippen molar-refractivity contribution in [1.82, 2.24) is 0 Å². The summed E-state index contributed by atoms with van der Waals surface area (Å²) in [6, 6.07) is 4.06. The molecule has 0 aromatic heterocycles. The second-order valence-corrected chi connectivity index (χ2v) is 3.05. The van der Waals surface area contributed by atoms with Gasteiger partial charge in [-0.1, -0.05) is 23.3 Å². The van der Waals surface area contributed by atoms with Crippen LogP contribution in [0, 0.1) is 5.82 Å². The fourth-order valence-corrected chi connectivity index (χ4v) is 1.19. The van der Waals surface area contributed by atoms with Gasteiger partial charge in [-0.2, -0.15) is 0 Å². The molecule has 0 atom stereocenters. The van der Waals surface area contributed by atoms with Crippen molar-refractivity contribution >= 4 is 12.0 Å². The predicted octanol–water partition coefficient (Wildman–Crippen LogP) is 2.94. The number of halogens is 1. The number of carbonyl (C=O) groups excluding carboxylic acids is 1. The van der Waals surface area contributed by atoms with E-state index >= 15 is 0 Å². The highest BCUT2D eigenvalue weighted by Crippen LogP contribution is 2.13. The van der Waals surface area contributed by atoms with Gasteiger partial charge in [-0.15, -0.1) is 0 Å². The number of nitrogens with zero attached hydrogens (tertiary/aromatic N) is 3. The van der Waals surface area contributed by atoms with E-state index in [9.17, 15) is 9.18 Å². The molecule has 5 nitrogen and oxygen atoms in total. The lowest BCUT2D eigenvalue weighted by atomic mass is 10.1. The van der Waals surface area contributed by atoms with Gasteiger partial charge in [0, 0.05) is 11.5 Å². The molecule has 0 fully saturated rings. The first-order valence-electron chi connectivity index (χ1n) is 4.74. The molecule has 1 rings (SSSR count). The van der Waals surface area contributed by atoms with Crippen LogP contribution < -0.4 is 0 Å². The van der Waals surface area contributed by atoms with Gasteiger partial charge in [0.25, 0.3) is 0 Å². The van der Waals surface area contributed by atoms with E-state index in [1.807, 2.05) is 0 Å². The summed E-state index contributed by atoms with van der Waals surface area (Å²) in [7, 11) is 1.19. The quantitative estimate of drug-likeness (QED) is 0.348. The fourth-order valence-electron chi connectivity index (χ4n) is 1.19. The molecule has 0 spiro atoms. The number of methoxy groups -OCH3 is 1. The largest absolute Gasteiger partial charge is 0.465 e. The summed E-state index contributed by atoms with van der Waals surface area (Å²) < 4.78 is 17.7. The van der Waals surface area contributed by atoms with E-state index in [4.69, 9.17) is 5.53 Å². The van der Waals surface area contributed by atoms with Crippen molar-refractivity contribution in [2.45, 2.75) is 0 Å². The monoisotopic (exact) mass is 235 g/mol. The van der Waals surface area contributed by atoms with Crippen molar-refractivity contribution < 1.29 is 13.9 Å². The molecule has 0 bridgehead atoms. The maximum atomic E-state index is 13.3. The molecule has 0 aliphatic heterocycles. The first-order valence-corrected chi connectivity index (χ1v) is 4.74. The molecule has 88 valence electrons. The molecule has 0 amide bonds.